The molecule has 1 aliphatic rings. The summed E-state index contributed by atoms with van der Waals surface area (Å²) in [7, 11) is 1.91. The van der Waals surface area contributed by atoms with Crippen LogP contribution in [0, 0.1) is 5.92 Å². The number of aryl methyl sites for hydroxylation is 2. The van der Waals surface area contributed by atoms with Crippen LogP contribution in [0.5, 0.6) is 0 Å². The molecule has 2 atom stereocenters. The van der Waals surface area contributed by atoms with Gasteiger partial charge >= 0.3 is 0 Å². The van der Waals surface area contributed by atoms with Gasteiger partial charge in [0.2, 0.25) is 5.91 Å². The van der Waals surface area contributed by atoms with Crippen molar-refractivity contribution in [3.8, 4) is 0 Å². The van der Waals surface area contributed by atoms with E-state index in [1.165, 1.54) is 0 Å². The smallest absolute Gasteiger partial charge is 0.224 e. The number of hydrogen-bond acceptors (Lipinski definition) is 3. The van der Waals surface area contributed by atoms with Gasteiger partial charge in [-0.3, -0.25) is 9.48 Å². The quantitative estimate of drug-likeness (QED) is 0.852. The van der Waals surface area contributed by atoms with Gasteiger partial charge < -0.3 is 10.6 Å². The first-order valence-corrected chi connectivity index (χ1v) is 7.12. The van der Waals surface area contributed by atoms with Crippen molar-refractivity contribution in [1.29, 1.82) is 0 Å². The Morgan fingerprint density at radius 3 is 3.00 bits per heavy atom. The molecule has 0 saturated carbocycles. The predicted molar refractivity (Wildman–Crippen MR) is 74.6 cm³/mol. The summed E-state index contributed by atoms with van der Waals surface area (Å²) in [4.78, 5) is 12.1. The van der Waals surface area contributed by atoms with Gasteiger partial charge in [-0.2, -0.15) is 5.10 Å². The van der Waals surface area contributed by atoms with Gasteiger partial charge in [0, 0.05) is 37.9 Å². The van der Waals surface area contributed by atoms with Gasteiger partial charge in [0.05, 0.1) is 11.6 Å². The second-order valence-electron chi connectivity index (χ2n) is 5.43. The van der Waals surface area contributed by atoms with Gasteiger partial charge in [0.15, 0.2) is 0 Å². The van der Waals surface area contributed by atoms with Crippen LogP contribution in [0.1, 0.15) is 37.9 Å². The molecule has 2 rings (SSSR count). The maximum absolute atomic E-state index is 12.1. The van der Waals surface area contributed by atoms with Crippen LogP contribution < -0.4 is 10.6 Å². The lowest BCUT2D eigenvalue weighted by Gasteiger charge is -2.26. The van der Waals surface area contributed by atoms with Gasteiger partial charge in [0.25, 0.3) is 0 Å². The van der Waals surface area contributed by atoms with Crippen LogP contribution in [0.4, 0.5) is 0 Å². The zero-order valence-electron chi connectivity index (χ0n) is 12.1. The summed E-state index contributed by atoms with van der Waals surface area (Å²) < 4.78 is 1.81. The minimum atomic E-state index is 0.109. The Morgan fingerprint density at radius 1 is 1.58 bits per heavy atom. The third-order valence-corrected chi connectivity index (χ3v) is 3.81. The van der Waals surface area contributed by atoms with Crippen molar-refractivity contribution >= 4 is 5.91 Å². The fraction of sp³-hybridized carbons (Fsp3) is 0.714. The molecule has 19 heavy (non-hydrogen) atoms. The second kappa shape index (κ2) is 6.19. The van der Waals surface area contributed by atoms with Crippen molar-refractivity contribution in [3.63, 3.8) is 0 Å². The Hall–Kier alpha value is -1.36. The molecule has 2 heterocycles. The summed E-state index contributed by atoms with van der Waals surface area (Å²) in [5, 5.41) is 10.8. The number of carbonyl (C=O) groups is 1. The monoisotopic (exact) mass is 264 g/mol. The topological polar surface area (TPSA) is 59.0 Å². The highest BCUT2D eigenvalue weighted by atomic mass is 16.1. The van der Waals surface area contributed by atoms with E-state index in [9.17, 15) is 4.79 Å². The van der Waals surface area contributed by atoms with Gasteiger partial charge in [-0.1, -0.05) is 6.92 Å². The van der Waals surface area contributed by atoms with E-state index in [4.69, 9.17) is 0 Å². The highest BCUT2D eigenvalue weighted by Crippen LogP contribution is 2.14. The Labute approximate surface area is 114 Å². The third-order valence-electron chi connectivity index (χ3n) is 3.81. The molecular weight excluding hydrogens is 240 g/mol. The second-order valence-corrected chi connectivity index (χ2v) is 5.43. The molecular formula is C14H24N4O. The lowest BCUT2D eigenvalue weighted by molar-refractivity contribution is -0.125. The number of nitrogens with one attached hydrogen (secondary N) is 2. The van der Waals surface area contributed by atoms with Crippen molar-refractivity contribution in [1.82, 2.24) is 20.4 Å². The lowest BCUT2D eigenvalue weighted by atomic mass is 9.95. The molecule has 0 aliphatic carbocycles. The lowest BCUT2D eigenvalue weighted by Crippen LogP contribution is -2.43. The van der Waals surface area contributed by atoms with Crippen LogP contribution in [0.15, 0.2) is 6.20 Å². The number of nitrogens with zero attached hydrogens (tertiary/aromatic N) is 2. The summed E-state index contributed by atoms with van der Waals surface area (Å²) in [5.41, 5.74) is 2.19. The average Bonchev–Trinajstić information content (AvgIpc) is 2.77. The highest BCUT2D eigenvalue weighted by Gasteiger charge is 2.23. The third kappa shape index (κ3) is 3.56. The fourth-order valence-corrected chi connectivity index (χ4v) is 2.58. The maximum atomic E-state index is 12.1. The number of amides is 1. The Balaban J connectivity index is 1.86. The summed E-state index contributed by atoms with van der Waals surface area (Å²) in [6.07, 6.45) is 4.94. The fourth-order valence-electron chi connectivity index (χ4n) is 2.58. The molecule has 0 aromatic carbocycles. The van der Waals surface area contributed by atoms with Crippen LogP contribution in [-0.4, -0.2) is 28.3 Å². The molecule has 2 N–H and O–H groups in total. The van der Waals surface area contributed by atoms with Crippen LogP contribution in [0.2, 0.25) is 0 Å². The number of piperidine rings is 1. The Bertz CT molecular complexity index is 433. The van der Waals surface area contributed by atoms with Crippen LogP contribution >= 0.6 is 0 Å². The molecule has 1 aromatic heterocycles. The van der Waals surface area contributed by atoms with Crippen molar-refractivity contribution in [2.24, 2.45) is 13.0 Å². The van der Waals surface area contributed by atoms with Crippen LogP contribution in [0.3, 0.4) is 0 Å². The van der Waals surface area contributed by atoms with Crippen molar-refractivity contribution in [2.45, 2.75) is 45.7 Å². The zero-order chi connectivity index (χ0) is 13.8. The first-order chi connectivity index (χ1) is 9.10. The van der Waals surface area contributed by atoms with E-state index in [1.54, 1.807) is 0 Å². The number of rotatable bonds is 4. The Kier molecular flexibility index (Phi) is 4.58. The van der Waals surface area contributed by atoms with E-state index in [0.717, 1.165) is 37.1 Å². The standard InChI is InChI=1S/C14H24N4O/c1-4-13-12(9-18(3)17-13)8-16-14(19)11-6-5-10(2)15-7-11/h9-11,15H,4-8H2,1-3H3,(H,16,19). The van der Waals surface area contributed by atoms with Gasteiger partial charge in [-0.25, -0.2) is 0 Å². The maximum Gasteiger partial charge on any atom is 0.224 e. The van der Waals surface area contributed by atoms with Gasteiger partial charge in [0.1, 0.15) is 0 Å². The van der Waals surface area contributed by atoms with E-state index >= 15 is 0 Å². The van der Waals surface area contributed by atoms with E-state index in [2.05, 4.69) is 29.6 Å². The summed E-state index contributed by atoms with van der Waals surface area (Å²) >= 11 is 0. The molecule has 0 radical (unpaired) electrons. The SMILES string of the molecule is CCc1nn(C)cc1CNC(=O)C1CCC(C)NC1. The summed E-state index contributed by atoms with van der Waals surface area (Å²) in [5.74, 6) is 0.267. The molecule has 5 heteroatoms. The summed E-state index contributed by atoms with van der Waals surface area (Å²) in [6, 6.07) is 0.536. The molecule has 1 fully saturated rings. The van der Waals surface area contributed by atoms with Crippen molar-refractivity contribution in [2.75, 3.05) is 6.54 Å². The largest absolute Gasteiger partial charge is 0.352 e. The molecule has 1 aliphatic heterocycles. The molecule has 5 nitrogen and oxygen atoms in total. The van der Waals surface area contributed by atoms with Crippen molar-refractivity contribution in [3.05, 3.63) is 17.5 Å². The minimum Gasteiger partial charge on any atom is -0.352 e. The summed E-state index contributed by atoms with van der Waals surface area (Å²) in [6.45, 7) is 5.62. The van der Waals surface area contributed by atoms with Gasteiger partial charge in [-0.05, 0) is 26.2 Å². The first-order valence-electron chi connectivity index (χ1n) is 7.12. The molecule has 0 spiro atoms. The van der Waals surface area contributed by atoms with E-state index < -0.39 is 0 Å². The predicted octanol–water partition coefficient (Wildman–Crippen LogP) is 0.987. The van der Waals surface area contributed by atoms with Crippen LogP contribution in [0.25, 0.3) is 0 Å². The minimum absolute atomic E-state index is 0.109. The molecule has 1 aromatic rings. The number of carbonyl (C=O) groups excluding carboxylic acids is 1. The van der Waals surface area contributed by atoms with Crippen molar-refractivity contribution < 1.29 is 4.79 Å². The van der Waals surface area contributed by atoms with Crippen LogP contribution in [-0.2, 0) is 24.8 Å². The zero-order valence-corrected chi connectivity index (χ0v) is 12.1. The molecule has 2 unspecified atom stereocenters. The highest BCUT2D eigenvalue weighted by molar-refractivity contribution is 5.79. The molecule has 106 valence electrons. The molecule has 1 amide bonds. The van der Waals surface area contributed by atoms with E-state index in [1.807, 2.05) is 17.9 Å². The Morgan fingerprint density at radius 2 is 2.37 bits per heavy atom. The molecule has 0 bridgehead atoms. The number of hydrogen-bond donors (Lipinski definition) is 2. The van der Waals surface area contributed by atoms with Gasteiger partial charge in [-0.15, -0.1) is 0 Å². The normalized spacial score (nSPS) is 23.3. The number of aromatic nitrogens is 2. The van der Waals surface area contributed by atoms with E-state index in [-0.39, 0.29) is 11.8 Å². The average molecular weight is 264 g/mol. The first kappa shape index (κ1) is 14.1. The van der Waals surface area contributed by atoms with E-state index in [0.29, 0.717) is 12.6 Å². The molecule has 1 saturated heterocycles.